The average molecular weight is 675 g/mol. The molecule has 0 amide bonds. The first-order chi connectivity index (χ1) is 22.3. The fourth-order valence-corrected chi connectivity index (χ4v) is 7.68. The lowest BCUT2D eigenvalue weighted by molar-refractivity contribution is -0.334. The van der Waals surface area contributed by atoms with Crippen LogP contribution in [0, 0.1) is 23.2 Å². The van der Waals surface area contributed by atoms with Gasteiger partial charge < -0.3 is 38.6 Å². The van der Waals surface area contributed by atoms with Crippen LogP contribution in [0.15, 0.2) is 42.5 Å². The number of esters is 4. The smallest absolute Gasteiger partial charge is 0.303 e. The number of ether oxygens (including phenoxy) is 6. The zero-order valence-electron chi connectivity index (χ0n) is 28.6. The molecule has 2 heterocycles. The molecule has 0 radical (unpaired) electrons. The predicted molar refractivity (Wildman–Crippen MR) is 166 cm³/mol. The largest absolute Gasteiger partial charge is 0.459 e. The van der Waals surface area contributed by atoms with E-state index in [9.17, 15) is 34.2 Å². The fraction of sp³-hybridized carbons (Fsp3) is 0.629. The Balaban J connectivity index is 2.09. The van der Waals surface area contributed by atoms with Gasteiger partial charge in [-0.3, -0.25) is 24.0 Å². The van der Waals surface area contributed by atoms with Crippen LogP contribution in [-0.2, 0) is 59.0 Å². The molecule has 1 aliphatic carbocycles. The normalized spacial score (nSPS) is 37.5. The second-order valence-corrected chi connectivity index (χ2v) is 13.7. The van der Waals surface area contributed by atoms with Crippen LogP contribution in [-0.4, -0.2) is 87.9 Å². The third kappa shape index (κ3) is 6.52. The van der Waals surface area contributed by atoms with E-state index in [-0.39, 0.29) is 18.6 Å². The highest BCUT2D eigenvalue weighted by molar-refractivity contribution is 5.89. The number of carbonyl (C=O) groups is 5. The Bertz CT molecular complexity index is 1440. The number of ketones is 1. The number of aliphatic hydroxyl groups is 2. The minimum Gasteiger partial charge on any atom is -0.459 e. The Morgan fingerprint density at radius 2 is 1.48 bits per heavy atom. The third-order valence-corrected chi connectivity index (χ3v) is 9.84. The minimum atomic E-state index is -2.59. The Morgan fingerprint density at radius 1 is 0.917 bits per heavy atom. The lowest BCUT2D eigenvalue weighted by Crippen LogP contribution is -2.66. The molecule has 3 aliphatic rings. The molecule has 11 atom stereocenters. The summed E-state index contributed by atoms with van der Waals surface area (Å²) < 4.78 is 36.3. The van der Waals surface area contributed by atoms with Gasteiger partial charge in [-0.2, -0.15) is 0 Å². The van der Waals surface area contributed by atoms with Crippen LogP contribution in [0.4, 0.5) is 0 Å². The van der Waals surface area contributed by atoms with Crippen LogP contribution >= 0.6 is 0 Å². The molecule has 2 aliphatic heterocycles. The number of rotatable bonds is 7. The molecule has 2 unspecified atom stereocenters. The van der Waals surface area contributed by atoms with E-state index >= 15 is 0 Å². The van der Waals surface area contributed by atoms with E-state index in [0.717, 1.165) is 27.7 Å². The zero-order valence-corrected chi connectivity index (χ0v) is 28.6. The van der Waals surface area contributed by atoms with Crippen LogP contribution in [0.25, 0.3) is 0 Å². The van der Waals surface area contributed by atoms with Gasteiger partial charge in [0, 0.05) is 38.7 Å². The molecule has 1 aromatic carbocycles. The maximum absolute atomic E-state index is 14.2. The van der Waals surface area contributed by atoms with E-state index in [2.05, 4.69) is 6.58 Å². The zero-order chi connectivity index (χ0) is 35.9. The lowest BCUT2D eigenvalue weighted by atomic mass is 9.68. The van der Waals surface area contributed by atoms with Gasteiger partial charge in [-0.25, -0.2) is 0 Å². The molecule has 2 saturated heterocycles. The number of carbonyl (C=O) groups excluding carboxylic acids is 5. The van der Waals surface area contributed by atoms with Crippen LogP contribution in [0.1, 0.15) is 67.4 Å². The summed E-state index contributed by atoms with van der Waals surface area (Å²) in [5.74, 6) is -10.1. The molecule has 0 aromatic heterocycles. The number of benzene rings is 1. The maximum atomic E-state index is 14.2. The van der Waals surface area contributed by atoms with Gasteiger partial charge in [-0.05, 0) is 17.9 Å². The minimum absolute atomic E-state index is 0.0943. The van der Waals surface area contributed by atoms with E-state index in [0.29, 0.717) is 5.56 Å². The summed E-state index contributed by atoms with van der Waals surface area (Å²) in [5, 5.41) is 24.4. The molecule has 48 heavy (non-hydrogen) atoms. The van der Waals surface area contributed by atoms with E-state index in [4.69, 9.17) is 28.4 Å². The van der Waals surface area contributed by atoms with Crippen LogP contribution < -0.4 is 0 Å². The number of fused-ring (bicyclic) bond motifs is 4. The van der Waals surface area contributed by atoms with Gasteiger partial charge in [0.1, 0.15) is 24.4 Å². The molecule has 13 heteroatoms. The average Bonchev–Trinajstić information content (AvgIpc) is 3.38. The standard InChI is InChI=1S/C35H46O13/c1-17-15-34(47-23(7)39)25(26(17)40)28(44-20(4)36)18(2)29(45-21(5)37)30(43-16-24-13-11-10-12-14-24)32(46-22(6)38)33(8,9)31-27(41)19(3)35(34,42)48-31/h10-14,17,19,25-26,28-32,40,42H,2,15-16H2,1,3-9H3/t17?,19?,25-,26-,28+,29-,30-,31+,32-,34-,35+/m1/s1. The van der Waals surface area contributed by atoms with E-state index < -0.39 is 101 Å². The first kappa shape index (κ1) is 37.2. The Hall–Kier alpha value is -3.65. The van der Waals surface area contributed by atoms with Crippen molar-refractivity contribution in [2.75, 3.05) is 0 Å². The van der Waals surface area contributed by atoms with Crippen LogP contribution in [0.5, 0.6) is 0 Å². The highest BCUT2D eigenvalue weighted by Gasteiger charge is 2.76. The van der Waals surface area contributed by atoms with Gasteiger partial charge in [0.25, 0.3) is 0 Å². The number of aliphatic hydroxyl groups excluding tert-OH is 1. The molecule has 0 spiro atoms. The summed E-state index contributed by atoms with van der Waals surface area (Å²) >= 11 is 0. The number of hydrogen-bond acceptors (Lipinski definition) is 13. The topological polar surface area (TPSA) is 181 Å². The van der Waals surface area contributed by atoms with Gasteiger partial charge in [0.2, 0.25) is 5.79 Å². The monoisotopic (exact) mass is 674 g/mol. The van der Waals surface area contributed by atoms with Crippen molar-refractivity contribution in [3.05, 3.63) is 48.0 Å². The molecule has 264 valence electrons. The van der Waals surface area contributed by atoms with E-state index in [1.54, 1.807) is 45.0 Å². The SMILES string of the molecule is C=C1[C@@H](OC(C)=O)[C@@H](OCc2ccccc2)[C@@H](OC(C)=O)C(C)(C)[C@H]2O[C@@](O)(C(C)C2=O)[C@@]2(OC(C)=O)CC(C)[C@@H](O)[C@@H]2[C@H]1OC(C)=O. The first-order valence-electron chi connectivity index (χ1n) is 16.0. The maximum Gasteiger partial charge on any atom is 0.303 e. The summed E-state index contributed by atoms with van der Waals surface area (Å²) in [7, 11) is 0. The molecule has 13 nitrogen and oxygen atoms in total. The Labute approximate surface area is 279 Å². The van der Waals surface area contributed by atoms with Gasteiger partial charge in [0.05, 0.1) is 24.5 Å². The highest BCUT2D eigenvalue weighted by atomic mass is 16.7. The van der Waals surface area contributed by atoms with Crippen molar-refractivity contribution in [1.82, 2.24) is 0 Å². The third-order valence-electron chi connectivity index (χ3n) is 9.84. The van der Waals surface area contributed by atoms with Crippen molar-refractivity contribution in [1.29, 1.82) is 0 Å². The van der Waals surface area contributed by atoms with Crippen LogP contribution in [0.3, 0.4) is 0 Å². The molecular weight excluding hydrogens is 628 g/mol. The lowest BCUT2D eigenvalue weighted by Gasteiger charge is -2.48. The predicted octanol–water partition coefficient (Wildman–Crippen LogP) is 2.57. The second kappa shape index (κ2) is 13.7. The molecule has 2 bridgehead atoms. The van der Waals surface area contributed by atoms with Crippen LogP contribution in [0.2, 0.25) is 0 Å². The van der Waals surface area contributed by atoms with Crippen molar-refractivity contribution < 1.29 is 62.6 Å². The molecule has 3 fully saturated rings. The molecule has 4 rings (SSSR count). The van der Waals surface area contributed by atoms with Gasteiger partial charge in [-0.15, -0.1) is 0 Å². The second-order valence-electron chi connectivity index (χ2n) is 13.7. The molecule has 1 aromatic rings. The summed E-state index contributed by atoms with van der Waals surface area (Å²) in [6, 6.07) is 8.94. The van der Waals surface area contributed by atoms with Gasteiger partial charge in [-0.1, -0.05) is 64.6 Å². The highest BCUT2D eigenvalue weighted by Crippen LogP contribution is 2.59. The fourth-order valence-electron chi connectivity index (χ4n) is 7.68. The first-order valence-corrected chi connectivity index (χ1v) is 16.0. The Morgan fingerprint density at radius 3 is 2.02 bits per heavy atom. The number of Topliss-reactive ketones (excluding diaryl/α,β-unsaturated/α-hetero) is 1. The molecule has 2 N–H and O–H groups in total. The quantitative estimate of drug-likeness (QED) is 0.245. The number of hydrogen-bond donors (Lipinski definition) is 2. The summed E-state index contributed by atoms with van der Waals surface area (Å²) in [6.45, 7) is 14.8. The van der Waals surface area contributed by atoms with Gasteiger partial charge in [0.15, 0.2) is 17.5 Å². The van der Waals surface area contributed by atoms with Crippen molar-refractivity contribution in [3.8, 4) is 0 Å². The van der Waals surface area contributed by atoms with Gasteiger partial charge >= 0.3 is 23.9 Å². The molecular formula is C35H46O13. The summed E-state index contributed by atoms with van der Waals surface area (Å²) in [5.41, 5.74) is -3.15. The van der Waals surface area contributed by atoms with E-state index in [1.165, 1.54) is 6.92 Å². The van der Waals surface area contributed by atoms with Crippen molar-refractivity contribution in [2.24, 2.45) is 23.2 Å². The van der Waals surface area contributed by atoms with Crippen molar-refractivity contribution >= 4 is 29.7 Å². The molecule has 1 saturated carbocycles. The summed E-state index contributed by atoms with van der Waals surface area (Å²) in [6.07, 6.45) is -9.17. The van der Waals surface area contributed by atoms with E-state index in [1.807, 2.05) is 6.07 Å². The van der Waals surface area contributed by atoms with Crippen molar-refractivity contribution in [3.63, 3.8) is 0 Å². The Kier molecular flexibility index (Phi) is 10.6. The van der Waals surface area contributed by atoms with Crippen molar-refractivity contribution in [2.45, 2.75) is 116 Å². The summed E-state index contributed by atoms with van der Waals surface area (Å²) in [4.78, 5) is 65.4.